The van der Waals surface area contributed by atoms with E-state index in [2.05, 4.69) is 41.1 Å². The highest BCUT2D eigenvalue weighted by Gasteiger charge is 2.26. The number of nitrogens with zero attached hydrogens (tertiary/aromatic N) is 4. The van der Waals surface area contributed by atoms with Crippen LogP contribution in [0.3, 0.4) is 0 Å². The van der Waals surface area contributed by atoms with Gasteiger partial charge in [-0.1, -0.05) is 30.9 Å². The molecule has 6 nitrogen and oxygen atoms in total. The molecule has 0 spiro atoms. The van der Waals surface area contributed by atoms with Crippen LogP contribution in [0.5, 0.6) is 5.75 Å². The third kappa shape index (κ3) is 4.90. The summed E-state index contributed by atoms with van der Waals surface area (Å²) in [5, 5.41) is 7.74. The Morgan fingerprint density at radius 1 is 1.44 bits per heavy atom. The second-order valence-corrected chi connectivity index (χ2v) is 6.76. The molecular formula is C21H29N5O. The summed E-state index contributed by atoms with van der Waals surface area (Å²) in [5.41, 5.74) is 2.39. The maximum Gasteiger partial charge on any atom is 0.194 e. The van der Waals surface area contributed by atoms with Crippen LogP contribution in [0.25, 0.3) is 0 Å². The summed E-state index contributed by atoms with van der Waals surface area (Å²) in [5.74, 6) is 2.33. The van der Waals surface area contributed by atoms with Gasteiger partial charge < -0.3 is 15.0 Å². The van der Waals surface area contributed by atoms with Gasteiger partial charge in [0.2, 0.25) is 0 Å². The van der Waals surface area contributed by atoms with Gasteiger partial charge in [-0.3, -0.25) is 4.68 Å². The highest BCUT2D eigenvalue weighted by Crippen LogP contribution is 2.27. The van der Waals surface area contributed by atoms with Crippen LogP contribution in [0, 0.1) is 0 Å². The van der Waals surface area contributed by atoms with Crippen LogP contribution >= 0.6 is 0 Å². The molecule has 1 aromatic carbocycles. The van der Waals surface area contributed by atoms with Gasteiger partial charge in [0.15, 0.2) is 5.96 Å². The Hall–Kier alpha value is -2.76. The Morgan fingerprint density at radius 2 is 2.30 bits per heavy atom. The number of guanidine groups is 1. The molecule has 1 saturated heterocycles. The van der Waals surface area contributed by atoms with E-state index in [1.165, 1.54) is 5.56 Å². The number of rotatable bonds is 7. The van der Waals surface area contributed by atoms with E-state index in [4.69, 9.17) is 9.73 Å². The average molecular weight is 367 g/mol. The maximum absolute atomic E-state index is 5.75. The van der Waals surface area contributed by atoms with Crippen molar-refractivity contribution in [3.63, 3.8) is 0 Å². The smallest absolute Gasteiger partial charge is 0.194 e. The van der Waals surface area contributed by atoms with Gasteiger partial charge in [0.05, 0.1) is 12.7 Å². The monoisotopic (exact) mass is 367 g/mol. The van der Waals surface area contributed by atoms with Crippen molar-refractivity contribution >= 4 is 5.96 Å². The number of aryl methyl sites for hydroxylation is 1. The van der Waals surface area contributed by atoms with Gasteiger partial charge in [-0.05, 0) is 25.0 Å². The fourth-order valence-corrected chi connectivity index (χ4v) is 3.39. The molecule has 1 aliphatic rings. The Kier molecular flexibility index (Phi) is 6.52. The molecule has 2 heterocycles. The second-order valence-electron chi connectivity index (χ2n) is 6.76. The Morgan fingerprint density at radius 3 is 3.04 bits per heavy atom. The van der Waals surface area contributed by atoms with Crippen molar-refractivity contribution in [1.82, 2.24) is 20.0 Å². The summed E-state index contributed by atoms with van der Waals surface area (Å²) in [6.45, 7) is 9.72. The standard InChI is InChI=1S/C21H29N5O/c1-4-12-27-20-9-7-6-8-17(20)13-23-21(22-5-2)26-11-10-18(16-26)19-14-24-25(3)15-19/h4,6-9,14-15,18H,1,5,10-13,16H2,2-3H3,(H,22,23). The summed E-state index contributed by atoms with van der Waals surface area (Å²) in [6, 6.07) is 8.05. The molecule has 144 valence electrons. The molecule has 6 heteroatoms. The lowest BCUT2D eigenvalue weighted by Gasteiger charge is -2.21. The summed E-state index contributed by atoms with van der Waals surface area (Å²) >= 11 is 0. The summed E-state index contributed by atoms with van der Waals surface area (Å²) < 4.78 is 7.62. The number of likely N-dealkylation sites (tertiary alicyclic amines) is 1. The molecular weight excluding hydrogens is 338 g/mol. The zero-order valence-corrected chi connectivity index (χ0v) is 16.3. The van der Waals surface area contributed by atoms with E-state index in [0.717, 1.165) is 43.3 Å². The van der Waals surface area contributed by atoms with E-state index < -0.39 is 0 Å². The van der Waals surface area contributed by atoms with Crippen LogP contribution in [-0.2, 0) is 13.6 Å². The number of benzene rings is 1. The Labute approximate surface area is 161 Å². The molecule has 0 saturated carbocycles. The number of ether oxygens (including phenoxy) is 1. The third-order valence-corrected chi connectivity index (χ3v) is 4.75. The molecule has 3 rings (SSSR count). The first-order valence-electron chi connectivity index (χ1n) is 9.54. The molecule has 1 N–H and O–H groups in total. The van der Waals surface area contributed by atoms with Crippen molar-refractivity contribution in [2.24, 2.45) is 12.0 Å². The van der Waals surface area contributed by atoms with Crippen molar-refractivity contribution in [3.05, 3.63) is 60.4 Å². The first kappa shape index (κ1) is 19.0. The van der Waals surface area contributed by atoms with Crippen LogP contribution in [0.15, 0.2) is 54.3 Å². The lowest BCUT2D eigenvalue weighted by atomic mass is 10.0. The van der Waals surface area contributed by atoms with Crippen molar-refractivity contribution in [2.75, 3.05) is 26.2 Å². The van der Waals surface area contributed by atoms with E-state index in [1.807, 2.05) is 36.1 Å². The van der Waals surface area contributed by atoms with Gasteiger partial charge >= 0.3 is 0 Å². The summed E-state index contributed by atoms with van der Waals surface area (Å²) in [7, 11) is 1.97. The number of hydrogen-bond donors (Lipinski definition) is 1. The van der Waals surface area contributed by atoms with Gasteiger partial charge in [-0.15, -0.1) is 0 Å². The van der Waals surface area contributed by atoms with E-state index in [1.54, 1.807) is 6.08 Å². The molecule has 1 fully saturated rings. The van der Waals surface area contributed by atoms with E-state index in [-0.39, 0.29) is 0 Å². The molecule has 0 amide bonds. The molecule has 2 aromatic rings. The molecule has 1 unspecified atom stereocenters. The highest BCUT2D eigenvalue weighted by atomic mass is 16.5. The lowest BCUT2D eigenvalue weighted by Crippen LogP contribution is -2.40. The van der Waals surface area contributed by atoms with Crippen molar-refractivity contribution < 1.29 is 4.74 Å². The first-order valence-corrected chi connectivity index (χ1v) is 9.54. The van der Waals surface area contributed by atoms with Crippen LogP contribution in [0.1, 0.15) is 30.4 Å². The van der Waals surface area contributed by atoms with Gasteiger partial charge in [-0.2, -0.15) is 5.10 Å². The largest absolute Gasteiger partial charge is 0.489 e. The first-order chi connectivity index (χ1) is 13.2. The minimum absolute atomic E-state index is 0.500. The molecule has 1 atom stereocenters. The van der Waals surface area contributed by atoms with Crippen LogP contribution < -0.4 is 10.1 Å². The van der Waals surface area contributed by atoms with Crippen molar-refractivity contribution in [1.29, 1.82) is 0 Å². The van der Waals surface area contributed by atoms with Gasteiger partial charge in [0, 0.05) is 44.4 Å². The highest BCUT2D eigenvalue weighted by molar-refractivity contribution is 5.80. The van der Waals surface area contributed by atoms with Crippen LogP contribution in [0.2, 0.25) is 0 Å². The molecule has 1 aromatic heterocycles. The minimum Gasteiger partial charge on any atom is -0.489 e. The fourth-order valence-electron chi connectivity index (χ4n) is 3.39. The normalized spacial score (nSPS) is 17.2. The van der Waals surface area contributed by atoms with Gasteiger partial charge in [0.25, 0.3) is 0 Å². The second kappa shape index (κ2) is 9.26. The average Bonchev–Trinajstić information content (AvgIpc) is 3.33. The van der Waals surface area contributed by atoms with Crippen molar-refractivity contribution in [2.45, 2.75) is 25.8 Å². The zero-order chi connectivity index (χ0) is 19.1. The summed E-state index contributed by atoms with van der Waals surface area (Å²) in [6.07, 6.45) is 6.97. The number of para-hydroxylation sites is 1. The predicted octanol–water partition coefficient (Wildman–Crippen LogP) is 2.94. The molecule has 0 radical (unpaired) electrons. The lowest BCUT2D eigenvalue weighted by molar-refractivity contribution is 0.359. The number of nitrogens with one attached hydrogen (secondary N) is 1. The minimum atomic E-state index is 0.500. The van der Waals surface area contributed by atoms with Crippen molar-refractivity contribution in [3.8, 4) is 5.75 Å². The third-order valence-electron chi connectivity index (χ3n) is 4.75. The Bertz CT molecular complexity index is 782. The summed E-state index contributed by atoms with van der Waals surface area (Å²) in [4.78, 5) is 7.21. The number of aromatic nitrogens is 2. The molecule has 0 bridgehead atoms. The van der Waals surface area contributed by atoms with Gasteiger partial charge in [0.1, 0.15) is 12.4 Å². The molecule has 27 heavy (non-hydrogen) atoms. The number of aliphatic imine (C=N–C) groups is 1. The van der Waals surface area contributed by atoms with E-state index in [0.29, 0.717) is 19.1 Å². The topological polar surface area (TPSA) is 54.7 Å². The quantitative estimate of drug-likeness (QED) is 0.464. The Balaban J connectivity index is 1.69. The zero-order valence-electron chi connectivity index (χ0n) is 16.3. The van der Waals surface area contributed by atoms with E-state index in [9.17, 15) is 0 Å². The van der Waals surface area contributed by atoms with E-state index >= 15 is 0 Å². The van der Waals surface area contributed by atoms with Crippen LogP contribution in [-0.4, -0.2) is 46.9 Å². The fraction of sp³-hybridized carbons (Fsp3) is 0.429. The maximum atomic E-state index is 5.75. The van der Waals surface area contributed by atoms with Gasteiger partial charge in [-0.25, -0.2) is 4.99 Å². The predicted molar refractivity (Wildman–Crippen MR) is 109 cm³/mol. The molecule has 1 aliphatic heterocycles. The van der Waals surface area contributed by atoms with Crippen LogP contribution in [0.4, 0.5) is 0 Å². The number of hydrogen-bond acceptors (Lipinski definition) is 3. The molecule has 0 aliphatic carbocycles. The SMILES string of the molecule is C=CCOc1ccccc1CN=C(NCC)N1CCC(c2cnn(C)c2)C1.